The van der Waals surface area contributed by atoms with Crippen LogP contribution in [0.1, 0.15) is 44.2 Å². The van der Waals surface area contributed by atoms with Crippen LogP contribution in [0.3, 0.4) is 0 Å². The van der Waals surface area contributed by atoms with Crippen molar-refractivity contribution in [2.24, 2.45) is 0 Å². The number of hydrogen-bond donors (Lipinski definition) is 0. The smallest absolute Gasteiger partial charge is 0.260 e. The third-order valence-corrected chi connectivity index (χ3v) is 4.52. The second-order valence-corrected chi connectivity index (χ2v) is 6.70. The van der Waals surface area contributed by atoms with Gasteiger partial charge in [0.05, 0.1) is 0 Å². The maximum absolute atomic E-state index is 12.4. The Morgan fingerprint density at radius 2 is 1.79 bits per heavy atom. The van der Waals surface area contributed by atoms with E-state index in [1.54, 1.807) is 16.7 Å². The number of carbonyl (C=O) groups is 2. The van der Waals surface area contributed by atoms with E-state index >= 15 is 0 Å². The molecular weight excluding hydrogens is 304 g/mol. The van der Waals surface area contributed by atoms with Crippen molar-refractivity contribution >= 4 is 11.8 Å². The van der Waals surface area contributed by atoms with Gasteiger partial charge in [-0.3, -0.25) is 9.59 Å². The molecule has 24 heavy (non-hydrogen) atoms. The Hall–Kier alpha value is -2.04. The SMILES string of the molecule is CC(=O)N1CCCN(C(=O)COc2ccc(C(C)C)c(C)c2)CC1. The summed E-state index contributed by atoms with van der Waals surface area (Å²) < 4.78 is 5.68. The van der Waals surface area contributed by atoms with Crippen LogP contribution in [0.25, 0.3) is 0 Å². The first-order valence-electron chi connectivity index (χ1n) is 8.65. The van der Waals surface area contributed by atoms with E-state index in [-0.39, 0.29) is 18.4 Å². The lowest BCUT2D eigenvalue weighted by molar-refractivity contribution is -0.134. The summed E-state index contributed by atoms with van der Waals surface area (Å²) in [5.74, 6) is 1.25. The Morgan fingerprint density at radius 3 is 2.42 bits per heavy atom. The number of hydrogen-bond acceptors (Lipinski definition) is 3. The normalized spacial score (nSPS) is 15.4. The number of ether oxygens (including phenoxy) is 1. The van der Waals surface area contributed by atoms with Gasteiger partial charge in [0.15, 0.2) is 6.61 Å². The molecule has 0 saturated carbocycles. The molecule has 0 bridgehead atoms. The van der Waals surface area contributed by atoms with Crippen molar-refractivity contribution < 1.29 is 14.3 Å². The van der Waals surface area contributed by atoms with Crippen LogP contribution in [0.15, 0.2) is 18.2 Å². The molecule has 0 radical (unpaired) electrons. The van der Waals surface area contributed by atoms with E-state index in [9.17, 15) is 9.59 Å². The van der Waals surface area contributed by atoms with Gasteiger partial charge in [-0.05, 0) is 42.5 Å². The maximum Gasteiger partial charge on any atom is 0.260 e. The fraction of sp³-hybridized carbons (Fsp3) is 0.579. The lowest BCUT2D eigenvalue weighted by Gasteiger charge is -2.21. The van der Waals surface area contributed by atoms with Gasteiger partial charge in [-0.15, -0.1) is 0 Å². The summed E-state index contributed by atoms with van der Waals surface area (Å²) in [5.41, 5.74) is 2.48. The third-order valence-electron chi connectivity index (χ3n) is 4.52. The first kappa shape index (κ1) is 18.3. The molecule has 1 aromatic carbocycles. The largest absolute Gasteiger partial charge is 0.484 e. The first-order chi connectivity index (χ1) is 11.4. The highest BCUT2D eigenvalue weighted by Gasteiger charge is 2.20. The molecule has 0 atom stereocenters. The van der Waals surface area contributed by atoms with Crippen molar-refractivity contribution in [1.82, 2.24) is 9.80 Å². The van der Waals surface area contributed by atoms with E-state index in [1.807, 2.05) is 12.1 Å². The van der Waals surface area contributed by atoms with Crippen molar-refractivity contribution in [3.8, 4) is 5.75 Å². The van der Waals surface area contributed by atoms with Crippen LogP contribution in [0.4, 0.5) is 0 Å². The highest BCUT2D eigenvalue weighted by atomic mass is 16.5. The summed E-state index contributed by atoms with van der Waals surface area (Å²) in [6.45, 7) is 10.6. The molecule has 2 amide bonds. The zero-order valence-electron chi connectivity index (χ0n) is 15.2. The molecule has 0 unspecified atom stereocenters. The van der Waals surface area contributed by atoms with Gasteiger partial charge in [-0.25, -0.2) is 0 Å². The Morgan fingerprint density at radius 1 is 1.12 bits per heavy atom. The topological polar surface area (TPSA) is 49.9 Å². The second kappa shape index (κ2) is 8.18. The van der Waals surface area contributed by atoms with Crippen molar-refractivity contribution in [3.05, 3.63) is 29.3 Å². The van der Waals surface area contributed by atoms with Gasteiger partial charge in [0.2, 0.25) is 5.91 Å². The zero-order valence-corrected chi connectivity index (χ0v) is 15.2. The predicted molar refractivity (Wildman–Crippen MR) is 94.2 cm³/mol. The van der Waals surface area contributed by atoms with E-state index in [4.69, 9.17) is 4.74 Å². The molecule has 2 rings (SSSR count). The molecule has 1 aliphatic heterocycles. The lowest BCUT2D eigenvalue weighted by atomic mass is 9.98. The van der Waals surface area contributed by atoms with Crippen LogP contribution in [0, 0.1) is 6.92 Å². The number of carbonyl (C=O) groups excluding carboxylic acids is 2. The fourth-order valence-electron chi connectivity index (χ4n) is 3.10. The highest BCUT2D eigenvalue weighted by molar-refractivity contribution is 5.78. The van der Waals surface area contributed by atoms with Gasteiger partial charge in [-0.1, -0.05) is 19.9 Å². The van der Waals surface area contributed by atoms with Gasteiger partial charge >= 0.3 is 0 Å². The van der Waals surface area contributed by atoms with Crippen LogP contribution in [0.2, 0.25) is 0 Å². The van der Waals surface area contributed by atoms with Crippen molar-refractivity contribution in [2.45, 2.75) is 40.0 Å². The Kier molecular flexibility index (Phi) is 6.23. The van der Waals surface area contributed by atoms with Crippen LogP contribution < -0.4 is 4.74 Å². The van der Waals surface area contributed by atoms with E-state index in [1.165, 1.54) is 11.1 Å². The molecule has 0 N–H and O–H groups in total. The van der Waals surface area contributed by atoms with Crippen molar-refractivity contribution in [2.75, 3.05) is 32.8 Å². The van der Waals surface area contributed by atoms with Crippen LogP contribution in [-0.2, 0) is 9.59 Å². The average molecular weight is 332 g/mol. The van der Waals surface area contributed by atoms with Gasteiger partial charge in [0.25, 0.3) is 5.91 Å². The number of aryl methyl sites for hydroxylation is 1. The van der Waals surface area contributed by atoms with Gasteiger partial charge in [0, 0.05) is 33.1 Å². The Balaban J connectivity index is 1.89. The van der Waals surface area contributed by atoms with Crippen LogP contribution in [-0.4, -0.2) is 54.4 Å². The van der Waals surface area contributed by atoms with E-state index in [2.05, 4.69) is 26.8 Å². The monoisotopic (exact) mass is 332 g/mol. The summed E-state index contributed by atoms with van der Waals surface area (Å²) >= 11 is 0. The first-order valence-corrected chi connectivity index (χ1v) is 8.65. The molecule has 0 aromatic heterocycles. The number of amides is 2. The summed E-state index contributed by atoms with van der Waals surface area (Å²) in [4.78, 5) is 27.4. The quantitative estimate of drug-likeness (QED) is 0.851. The molecule has 1 fully saturated rings. The molecule has 1 saturated heterocycles. The van der Waals surface area contributed by atoms with Gasteiger partial charge in [-0.2, -0.15) is 0 Å². The minimum absolute atomic E-state index is 0.0222. The summed E-state index contributed by atoms with van der Waals surface area (Å²) in [6.07, 6.45) is 0.813. The minimum atomic E-state index is -0.0222. The third kappa shape index (κ3) is 4.73. The summed E-state index contributed by atoms with van der Waals surface area (Å²) in [6, 6.07) is 5.98. The van der Waals surface area contributed by atoms with E-state index in [0.717, 1.165) is 18.7 Å². The Labute approximate surface area is 144 Å². The molecule has 0 aliphatic carbocycles. The number of benzene rings is 1. The van der Waals surface area contributed by atoms with Crippen molar-refractivity contribution in [1.29, 1.82) is 0 Å². The van der Waals surface area contributed by atoms with Crippen LogP contribution in [0.5, 0.6) is 5.75 Å². The molecule has 132 valence electrons. The second-order valence-electron chi connectivity index (χ2n) is 6.70. The lowest BCUT2D eigenvalue weighted by Crippen LogP contribution is -2.38. The Bertz CT molecular complexity index is 598. The van der Waals surface area contributed by atoms with Gasteiger partial charge in [0.1, 0.15) is 5.75 Å². The molecule has 1 aliphatic rings. The maximum atomic E-state index is 12.4. The molecule has 1 heterocycles. The molecular formula is C19H28N2O3. The highest BCUT2D eigenvalue weighted by Crippen LogP contribution is 2.23. The summed E-state index contributed by atoms with van der Waals surface area (Å²) in [5, 5.41) is 0. The molecule has 0 spiro atoms. The average Bonchev–Trinajstić information content (AvgIpc) is 2.78. The standard InChI is InChI=1S/C19H28N2O3/c1-14(2)18-7-6-17(12-15(18)3)24-13-19(23)21-9-5-8-20(10-11-21)16(4)22/h6-7,12,14H,5,8-11,13H2,1-4H3. The van der Waals surface area contributed by atoms with Crippen molar-refractivity contribution in [3.63, 3.8) is 0 Å². The van der Waals surface area contributed by atoms with Crippen LogP contribution >= 0.6 is 0 Å². The molecule has 1 aromatic rings. The molecule has 5 heteroatoms. The molecule has 5 nitrogen and oxygen atoms in total. The summed E-state index contributed by atoms with van der Waals surface area (Å²) in [7, 11) is 0. The number of rotatable bonds is 4. The number of nitrogens with zero attached hydrogens (tertiary/aromatic N) is 2. The van der Waals surface area contributed by atoms with Gasteiger partial charge < -0.3 is 14.5 Å². The van der Waals surface area contributed by atoms with E-state index < -0.39 is 0 Å². The minimum Gasteiger partial charge on any atom is -0.484 e. The van der Waals surface area contributed by atoms with E-state index in [0.29, 0.717) is 25.6 Å². The zero-order chi connectivity index (χ0) is 17.7. The predicted octanol–water partition coefficient (Wildman–Crippen LogP) is 2.58. The fourth-order valence-corrected chi connectivity index (χ4v) is 3.10.